The molecule has 0 radical (unpaired) electrons. The van der Waals surface area contributed by atoms with Crippen LogP contribution in [0.1, 0.15) is 47.1 Å². The van der Waals surface area contributed by atoms with Gasteiger partial charge in [0.1, 0.15) is 5.82 Å². The fraction of sp³-hybridized carbons (Fsp3) is 0.312. The van der Waals surface area contributed by atoms with E-state index in [2.05, 4.69) is 15.3 Å². The number of carbonyl (C=O) groups is 1. The molecule has 0 unspecified atom stereocenters. The first-order valence-electron chi connectivity index (χ1n) is 6.87. The zero-order chi connectivity index (χ0) is 15.4. The van der Waals surface area contributed by atoms with E-state index in [1.165, 1.54) is 0 Å². The van der Waals surface area contributed by atoms with Gasteiger partial charge in [0.25, 0.3) is 0 Å². The number of rotatable bonds is 5. The molecule has 0 aliphatic carbocycles. The highest BCUT2D eigenvalue weighted by Gasteiger charge is 2.11. The number of aromatic carboxylic acids is 1. The standard InChI is InChI=1S/C16H19N3O2/c1-10(2)13-7-12(16(20)21)8-15(19-13)18-9-14-11(3)5-4-6-17-14/h4-8,10H,9H2,1-3H3,(H,18,19)(H,20,21). The number of carboxylic acids is 1. The lowest BCUT2D eigenvalue weighted by molar-refractivity contribution is 0.0696. The maximum Gasteiger partial charge on any atom is 0.335 e. The van der Waals surface area contributed by atoms with E-state index < -0.39 is 5.97 Å². The Kier molecular flexibility index (Phi) is 4.52. The lowest BCUT2D eigenvalue weighted by Gasteiger charge is -2.11. The Morgan fingerprint density at radius 1 is 1.38 bits per heavy atom. The summed E-state index contributed by atoms with van der Waals surface area (Å²) in [5, 5.41) is 12.3. The van der Waals surface area contributed by atoms with E-state index in [1.54, 1.807) is 18.3 Å². The van der Waals surface area contributed by atoms with Crippen molar-refractivity contribution in [2.24, 2.45) is 0 Å². The Balaban J connectivity index is 2.23. The number of nitrogens with zero attached hydrogens (tertiary/aromatic N) is 2. The van der Waals surface area contributed by atoms with Crippen molar-refractivity contribution in [3.63, 3.8) is 0 Å². The molecular formula is C16H19N3O2. The molecule has 0 atom stereocenters. The molecule has 0 amide bonds. The van der Waals surface area contributed by atoms with Gasteiger partial charge in [-0.25, -0.2) is 9.78 Å². The zero-order valence-electron chi connectivity index (χ0n) is 12.4. The second-order valence-corrected chi connectivity index (χ2v) is 5.25. The summed E-state index contributed by atoms with van der Waals surface area (Å²) in [6.45, 7) is 6.48. The van der Waals surface area contributed by atoms with Gasteiger partial charge in [0.2, 0.25) is 0 Å². The molecule has 5 heteroatoms. The summed E-state index contributed by atoms with van der Waals surface area (Å²) >= 11 is 0. The van der Waals surface area contributed by atoms with E-state index in [4.69, 9.17) is 0 Å². The van der Waals surface area contributed by atoms with Crippen molar-refractivity contribution in [1.82, 2.24) is 9.97 Å². The molecule has 0 saturated carbocycles. The van der Waals surface area contributed by atoms with Crippen LogP contribution in [0.5, 0.6) is 0 Å². The molecule has 2 rings (SSSR count). The molecule has 2 aromatic heterocycles. The van der Waals surface area contributed by atoms with E-state index in [9.17, 15) is 9.90 Å². The number of aromatic nitrogens is 2. The van der Waals surface area contributed by atoms with Gasteiger partial charge in [0.15, 0.2) is 0 Å². The van der Waals surface area contributed by atoms with Gasteiger partial charge in [-0.2, -0.15) is 0 Å². The molecule has 2 heterocycles. The third-order valence-corrected chi connectivity index (χ3v) is 3.24. The number of aryl methyl sites for hydroxylation is 1. The van der Waals surface area contributed by atoms with E-state index in [0.717, 1.165) is 17.0 Å². The van der Waals surface area contributed by atoms with E-state index in [-0.39, 0.29) is 11.5 Å². The second-order valence-electron chi connectivity index (χ2n) is 5.25. The molecule has 5 nitrogen and oxygen atoms in total. The largest absolute Gasteiger partial charge is 0.478 e. The van der Waals surface area contributed by atoms with Gasteiger partial charge in [0.05, 0.1) is 17.8 Å². The number of pyridine rings is 2. The molecular weight excluding hydrogens is 266 g/mol. The lowest BCUT2D eigenvalue weighted by Crippen LogP contribution is -2.08. The molecule has 0 bridgehead atoms. The summed E-state index contributed by atoms with van der Waals surface area (Å²) < 4.78 is 0. The van der Waals surface area contributed by atoms with Crippen LogP contribution in [-0.2, 0) is 6.54 Å². The van der Waals surface area contributed by atoms with Crippen LogP contribution >= 0.6 is 0 Å². The molecule has 21 heavy (non-hydrogen) atoms. The second kappa shape index (κ2) is 6.35. The van der Waals surface area contributed by atoms with Gasteiger partial charge >= 0.3 is 5.97 Å². The molecule has 0 aliphatic rings. The fourth-order valence-corrected chi connectivity index (χ4v) is 1.94. The molecule has 0 saturated heterocycles. The van der Waals surface area contributed by atoms with Crippen molar-refractivity contribution < 1.29 is 9.90 Å². The van der Waals surface area contributed by atoms with Crippen molar-refractivity contribution in [3.8, 4) is 0 Å². The first-order chi connectivity index (χ1) is 9.97. The average molecular weight is 285 g/mol. The number of hydrogen-bond donors (Lipinski definition) is 2. The van der Waals surface area contributed by atoms with Crippen molar-refractivity contribution in [2.45, 2.75) is 33.2 Å². The van der Waals surface area contributed by atoms with E-state index in [1.807, 2.05) is 32.9 Å². The number of anilines is 1. The third kappa shape index (κ3) is 3.78. The molecule has 110 valence electrons. The van der Waals surface area contributed by atoms with Gasteiger partial charge < -0.3 is 10.4 Å². The molecule has 2 N–H and O–H groups in total. The van der Waals surface area contributed by atoms with Gasteiger partial charge in [-0.05, 0) is 36.6 Å². The highest BCUT2D eigenvalue weighted by Crippen LogP contribution is 2.18. The monoisotopic (exact) mass is 285 g/mol. The van der Waals surface area contributed by atoms with Crippen molar-refractivity contribution in [1.29, 1.82) is 0 Å². The quantitative estimate of drug-likeness (QED) is 0.882. The maximum atomic E-state index is 11.2. The van der Waals surface area contributed by atoms with Crippen LogP contribution in [0.4, 0.5) is 5.82 Å². The normalized spacial score (nSPS) is 10.7. The zero-order valence-corrected chi connectivity index (χ0v) is 12.4. The topological polar surface area (TPSA) is 75.1 Å². The Hall–Kier alpha value is -2.43. The van der Waals surface area contributed by atoms with Crippen molar-refractivity contribution in [2.75, 3.05) is 5.32 Å². The number of carboxylic acid groups (broad SMARTS) is 1. The van der Waals surface area contributed by atoms with Crippen LogP contribution in [0.3, 0.4) is 0 Å². The van der Waals surface area contributed by atoms with Crippen LogP contribution in [-0.4, -0.2) is 21.0 Å². The predicted molar refractivity (Wildman–Crippen MR) is 81.6 cm³/mol. The first kappa shape index (κ1) is 15.0. The minimum absolute atomic E-state index is 0.168. The molecule has 0 fully saturated rings. The third-order valence-electron chi connectivity index (χ3n) is 3.24. The molecule has 2 aromatic rings. The average Bonchev–Trinajstić information content (AvgIpc) is 2.46. The summed E-state index contributed by atoms with van der Waals surface area (Å²) in [7, 11) is 0. The van der Waals surface area contributed by atoms with Gasteiger partial charge in [0, 0.05) is 11.9 Å². The van der Waals surface area contributed by atoms with Gasteiger partial charge in [-0.15, -0.1) is 0 Å². The van der Waals surface area contributed by atoms with E-state index in [0.29, 0.717) is 12.4 Å². The maximum absolute atomic E-state index is 11.2. The fourth-order valence-electron chi connectivity index (χ4n) is 1.94. The number of hydrogen-bond acceptors (Lipinski definition) is 4. The summed E-state index contributed by atoms with van der Waals surface area (Å²) in [4.78, 5) is 19.9. The summed E-state index contributed by atoms with van der Waals surface area (Å²) in [5.41, 5.74) is 3.01. The van der Waals surface area contributed by atoms with Gasteiger partial charge in [-0.3, -0.25) is 4.98 Å². The Morgan fingerprint density at radius 3 is 2.76 bits per heavy atom. The SMILES string of the molecule is Cc1cccnc1CNc1cc(C(=O)O)cc(C(C)C)n1. The minimum Gasteiger partial charge on any atom is -0.478 e. The van der Waals surface area contributed by atoms with Crippen LogP contribution in [0, 0.1) is 6.92 Å². The van der Waals surface area contributed by atoms with Crippen LogP contribution in [0.2, 0.25) is 0 Å². The molecule has 0 spiro atoms. The van der Waals surface area contributed by atoms with E-state index >= 15 is 0 Å². The van der Waals surface area contributed by atoms with Crippen LogP contribution in [0.15, 0.2) is 30.5 Å². The van der Waals surface area contributed by atoms with Crippen molar-refractivity contribution in [3.05, 3.63) is 53.0 Å². The highest BCUT2D eigenvalue weighted by molar-refractivity contribution is 5.88. The Morgan fingerprint density at radius 2 is 2.14 bits per heavy atom. The Bertz CT molecular complexity index is 654. The smallest absolute Gasteiger partial charge is 0.335 e. The molecule has 0 aromatic carbocycles. The summed E-state index contributed by atoms with van der Waals surface area (Å²) in [6.07, 6.45) is 1.74. The van der Waals surface area contributed by atoms with Crippen LogP contribution in [0.25, 0.3) is 0 Å². The Labute approximate surface area is 124 Å². The highest BCUT2D eigenvalue weighted by atomic mass is 16.4. The van der Waals surface area contributed by atoms with Gasteiger partial charge in [-0.1, -0.05) is 19.9 Å². The lowest BCUT2D eigenvalue weighted by atomic mass is 10.1. The minimum atomic E-state index is -0.948. The molecule has 0 aliphatic heterocycles. The summed E-state index contributed by atoms with van der Waals surface area (Å²) in [5.74, 6) is -0.221. The van der Waals surface area contributed by atoms with Crippen LogP contribution < -0.4 is 5.32 Å². The first-order valence-corrected chi connectivity index (χ1v) is 6.87. The predicted octanol–water partition coefficient (Wildman–Crippen LogP) is 3.22. The van der Waals surface area contributed by atoms with Crippen molar-refractivity contribution >= 4 is 11.8 Å². The number of nitrogens with one attached hydrogen (secondary N) is 1. The summed E-state index contributed by atoms with van der Waals surface area (Å²) in [6, 6.07) is 7.04.